The molecule has 0 amide bonds. The number of rotatable bonds is 0. The molecule has 1 aromatic carbocycles. The van der Waals surface area contributed by atoms with Crippen LogP contribution in [0.25, 0.3) is 24.3 Å². The zero-order chi connectivity index (χ0) is 7.97. The summed E-state index contributed by atoms with van der Waals surface area (Å²) < 4.78 is 0. The summed E-state index contributed by atoms with van der Waals surface area (Å²) in [6.45, 7) is 0. The predicted molar refractivity (Wildman–Crippen MR) is 51.5 cm³/mol. The van der Waals surface area contributed by atoms with Crippen molar-refractivity contribution in [3.05, 3.63) is 45.8 Å². The first kappa shape index (κ1) is 6.01. The second kappa shape index (κ2) is 1.98. The molecule has 0 unspecified atom stereocenters. The van der Waals surface area contributed by atoms with Gasteiger partial charge in [0.15, 0.2) is 0 Å². The molecule has 0 atom stereocenters. The molecule has 1 radical (unpaired) electrons. The van der Waals surface area contributed by atoms with E-state index in [4.69, 9.17) is 0 Å². The third-order valence-corrected chi connectivity index (χ3v) is 2.28. The number of fused-ring (bicyclic) bond motifs is 2. The SMILES string of the molecule is [c]1c2c(cc3c1=CC=C3)=CC=C2. The van der Waals surface area contributed by atoms with E-state index < -0.39 is 0 Å². The first-order valence-corrected chi connectivity index (χ1v) is 4.07. The molecule has 1 aromatic rings. The molecule has 3 rings (SSSR count). The highest BCUT2D eigenvalue weighted by atomic mass is 14.1. The molecule has 0 heterocycles. The van der Waals surface area contributed by atoms with Crippen molar-refractivity contribution in [1.82, 2.24) is 0 Å². The largest absolute Gasteiger partial charge is 0.0610 e. The maximum Gasteiger partial charge on any atom is -0.00143 e. The molecule has 0 N–H and O–H groups in total. The Labute approximate surface area is 70.9 Å². The van der Waals surface area contributed by atoms with Crippen LogP contribution < -0.4 is 10.4 Å². The third-order valence-electron chi connectivity index (χ3n) is 2.28. The Hall–Kier alpha value is -1.56. The molecule has 55 valence electrons. The van der Waals surface area contributed by atoms with E-state index in [1.807, 2.05) is 0 Å². The Morgan fingerprint density at radius 1 is 1.00 bits per heavy atom. The molecule has 0 bridgehead atoms. The van der Waals surface area contributed by atoms with Gasteiger partial charge in [-0.25, -0.2) is 0 Å². The highest BCUT2D eigenvalue weighted by molar-refractivity contribution is 5.72. The van der Waals surface area contributed by atoms with Gasteiger partial charge in [0, 0.05) is 0 Å². The van der Waals surface area contributed by atoms with Gasteiger partial charge in [0.1, 0.15) is 0 Å². The standard InChI is InChI=1S/C12H7/c1-3-9-7-11-5-2-6-12(11)8-10(9)4-1/h1-7H. The first-order chi connectivity index (χ1) is 5.93. The molecule has 2 aliphatic carbocycles. The number of benzene rings is 1. The minimum absolute atomic E-state index is 1.22. The minimum Gasteiger partial charge on any atom is -0.0610 e. The van der Waals surface area contributed by atoms with Gasteiger partial charge >= 0.3 is 0 Å². The highest BCUT2D eigenvalue weighted by Crippen LogP contribution is 2.05. The molecule has 12 heavy (non-hydrogen) atoms. The van der Waals surface area contributed by atoms with E-state index in [2.05, 4.69) is 48.6 Å². The van der Waals surface area contributed by atoms with Crippen LogP contribution in [-0.4, -0.2) is 0 Å². The second-order valence-electron chi connectivity index (χ2n) is 3.06. The zero-order valence-corrected chi connectivity index (χ0v) is 6.54. The maximum atomic E-state index is 3.37. The highest BCUT2D eigenvalue weighted by Gasteiger charge is 2.01. The van der Waals surface area contributed by atoms with Crippen molar-refractivity contribution in [3.63, 3.8) is 0 Å². The monoisotopic (exact) mass is 151 g/mol. The lowest BCUT2D eigenvalue weighted by Crippen LogP contribution is -2.13. The van der Waals surface area contributed by atoms with E-state index in [9.17, 15) is 0 Å². The lowest BCUT2D eigenvalue weighted by molar-refractivity contribution is 1.50. The summed E-state index contributed by atoms with van der Waals surface area (Å²) in [7, 11) is 0. The van der Waals surface area contributed by atoms with E-state index in [-0.39, 0.29) is 0 Å². The molecule has 0 heteroatoms. The summed E-state index contributed by atoms with van der Waals surface area (Å²) in [6.07, 6.45) is 12.6. The van der Waals surface area contributed by atoms with Crippen molar-refractivity contribution in [2.75, 3.05) is 0 Å². The van der Waals surface area contributed by atoms with E-state index in [1.54, 1.807) is 0 Å². The van der Waals surface area contributed by atoms with Crippen LogP contribution in [0, 0.1) is 6.07 Å². The fourth-order valence-corrected chi connectivity index (χ4v) is 1.66. The molecule has 0 saturated heterocycles. The van der Waals surface area contributed by atoms with Crippen LogP contribution in [-0.2, 0) is 0 Å². The van der Waals surface area contributed by atoms with E-state index in [0.717, 1.165) is 0 Å². The number of allylic oxidation sites excluding steroid dienone is 2. The van der Waals surface area contributed by atoms with Crippen molar-refractivity contribution in [3.8, 4) is 0 Å². The minimum atomic E-state index is 1.22. The fraction of sp³-hybridized carbons (Fsp3) is 0. The maximum absolute atomic E-state index is 3.37. The van der Waals surface area contributed by atoms with Crippen LogP contribution in [0.2, 0.25) is 0 Å². The lowest BCUT2D eigenvalue weighted by Gasteiger charge is -1.93. The first-order valence-electron chi connectivity index (χ1n) is 4.07. The molecular weight excluding hydrogens is 144 g/mol. The van der Waals surface area contributed by atoms with Crippen LogP contribution in [0.5, 0.6) is 0 Å². The van der Waals surface area contributed by atoms with Crippen molar-refractivity contribution in [1.29, 1.82) is 0 Å². The predicted octanol–water partition coefficient (Wildman–Crippen LogP) is 1.10. The molecule has 0 fully saturated rings. The molecule has 0 nitrogen and oxygen atoms in total. The molecule has 0 saturated carbocycles. The molecule has 0 aliphatic heterocycles. The van der Waals surface area contributed by atoms with Gasteiger partial charge in [0.25, 0.3) is 0 Å². The Bertz CT molecular complexity index is 464. The number of hydrogen-bond acceptors (Lipinski definition) is 0. The van der Waals surface area contributed by atoms with Gasteiger partial charge in [-0.1, -0.05) is 36.5 Å². The van der Waals surface area contributed by atoms with Crippen molar-refractivity contribution < 1.29 is 0 Å². The van der Waals surface area contributed by atoms with Crippen LogP contribution >= 0.6 is 0 Å². The molecule has 2 aliphatic rings. The number of hydrogen-bond donors (Lipinski definition) is 0. The Morgan fingerprint density at radius 3 is 2.92 bits per heavy atom. The summed E-state index contributed by atoms with van der Waals surface area (Å²) in [5, 5.41) is 2.50. The van der Waals surface area contributed by atoms with Crippen molar-refractivity contribution >= 4 is 24.3 Å². The topological polar surface area (TPSA) is 0 Å². The van der Waals surface area contributed by atoms with Crippen molar-refractivity contribution in [2.24, 2.45) is 0 Å². The quantitative estimate of drug-likeness (QED) is 0.521. The normalized spacial score (nSPS) is 15.3. The summed E-state index contributed by atoms with van der Waals surface area (Å²) >= 11 is 0. The molecule has 0 aromatic heterocycles. The molecular formula is C12H7. The Kier molecular flexibility index (Phi) is 0.991. The van der Waals surface area contributed by atoms with E-state index in [0.29, 0.717) is 0 Å². The van der Waals surface area contributed by atoms with Crippen molar-refractivity contribution in [2.45, 2.75) is 0 Å². The van der Waals surface area contributed by atoms with Gasteiger partial charge < -0.3 is 0 Å². The summed E-state index contributed by atoms with van der Waals surface area (Å²) in [5.41, 5.74) is 2.50. The summed E-state index contributed by atoms with van der Waals surface area (Å²) in [4.78, 5) is 0. The smallest absolute Gasteiger partial charge is 0.00143 e. The van der Waals surface area contributed by atoms with Crippen LogP contribution in [0.4, 0.5) is 0 Å². The van der Waals surface area contributed by atoms with Crippen LogP contribution in [0.1, 0.15) is 11.1 Å². The molecule has 0 spiro atoms. The van der Waals surface area contributed by atoms with Crippen LogP contribution in [0.15, 0.2) is 18.2 Å². The van der Waals surface area contributed by atoms with Gasteiger partial charge in [-0.05, 0) is 33.7 Å². The Balaban J connectivity index is 2.50. The van der Waals surface area contributed by atoms with Gasteiger partial charge in [0.05, 0.1) is 0 Å². The lowest BCUT2D eigenvalue weighted by atomic mass is 10.1. The average molecular weight is 151 g/mol. The average Bonchev–Trinajstić information content (AvgIpc) is 2.64. The van der Waals surface area contributed by atoms with E-state index >= 15 is 0 Å². The second-order valence-corrected chi connectivity index (χ2v) is 3.06. The van der Waals surface area contributed by atoms with Gasteiger partial charge in [-0.15, -0.1) is 0 Å². The van der Waals surface area contributed by atoms with Gasteiger partial charge in [-0.2, -0.15) is 0 Å². The third kappa shape index (κ3) is 0.668. The summed E-state index contributed by atoms with van der Waals surface area (Å²) in [5.74, 6) is 0. The van der Waals surface area contributed by atoms with Crippen LogP contribution in [0.3, 0.4) is 0 Å². The zero-order valence-electron chi connectivity index (χ0n) is 6.54. The van der Waals surface area contributed by atoms with Gasteiger partial charge in [0.2, 0.25) is 0 Å². The van der Waals surface area contributed by atoms with E-state index in [1.165, 1.54) is 21.6 Å². The summed E-state index contributed by atoms with van der Waals surface area (Å²) in [6, 6.07) is 5.58. The van der Waals surface area contributed by atoms with Gasteiger partial charge in [-0.3, -0.25) is 0 Å². The fourth-order valence-electron chi connectivity index (χ4n) is 1.66. The Morgan fingerprint density at radius 2 is 1.92 bits per heavy atom.